The monoisotopic (exact) mass is 378 g/mol. The molecule has 0 radical (unpaired) electrons. The molecule has 0 aliphatic heterocycles. The Morgan fingerprint density at radius 3 is 2.77 bits per heavy atom. The minimum atomic E-state index is -0.561. The van der Waals surface area contributed by atoms with E-state index in [0.717, 1.165) is 10.2 Å². The molecular formula is C17H19ClN4O4. The van der Waals surface area contributed by atoms with Gasteiger partial charge in [-0.05, 0) is 30.7 Å². The second-order valence-electron chi connectivity index (χ2n) is 5.42. The van der Waals surface area contributed by atoms with Gasteiger partial charge in [-0.25, -0.2) is 4.68 Å². The van der Waals surface area contributed by atoms with Crippen molar-refractivity contribution in [1.29, 1.82) is 0 Å². The molecule has 2 aromatic rings. The number of methoxy groups -OCH3 is 1. The number of amides is 2. The van der Waals surface area contributed by atoms with Crippen LogP contribution in [0.25, 0.3) is 0 Å². The Kier molecular flexibility index (Phi) is 6.88. The van der Waals surface area contributed by atoms with Crippen molar-refractivity contribution in [3.8, 4) is 0 Å². The first-order valence-corrected chi connectivity index (χ1v) is 8.20. The van der Waals surface area contributed by atoms with Gasteiger partial charge in [-0.2, -0.15) is 5.10 Å². The van der Waals surface area contributed by atoms with Gasteiger partial charge in [0.15, 0.2) is 0 Å². The topological polar surface area (TPSA) is 102 Å². The van der Waals surface area contributed by atoms with Crippen molar-refractivity contribution >= 4 is 29.1 Å². The van der Waals surface area contributed by atoms with E-state index in [2.05, 4.69) is 15.7 Å². The van der Waals surface area contributed by atoms with Gasteiger partial charge in [0, 0.05) is 23.9 Å². The number of nitrogens with zero attached hydrogens (tertiary/aromatic N) is 2. The summed E-state index contributed by atoms with van der Waals surface area (Å²) in [7, 11) is 1.50. The van der Waals surface area contributed by atoms with E-state index in [0.29, 0.717) is 17.3 Å². The maximum Gasteiger partial charge on any atom is 0.272 e. The van der Waals surface area contributed by atoms with E-state index in [-0.39, 0.29) is 24.3 Å². The Balaban J connectivity index is 1.96. The molecule has 8 nitrogen and oxygen atoms in total. The average molecular weight is 379 g/mol. The van der Waals surface area contributed by atoms with E-state index in [9.17, 15) is 14.4 Å². The second kappa shape index (κ2) is 9.12. The number of hydrogen-bond donors (Lipinski definition) is 2. The second-order valence-corrected chi connectivity index (χ2v) is 5.82. The van der Waals surface area contributed by atoms with Gasteiger partial charge in [0.05, 0.1) is 19.7 Å². The molecule has 0 aliphatic carbocycles. The number of carbonyl (C=O) groups excluding carboxylic acids is 2. The Hall–Kier alpha value is -2.71. The lowest BCUT2D eigenvalue weighted by Gasteiger charge is -2.10. The quantitative estimate of drug-likeness (QED) is 0.754. The van der Waals surface area contributed by atoms with Crippen LogP contribution in [0.3, 0.4) is 0 Å². The van der Waals surface area contributed by atoms with E-state index < -0.39 is 11.8 Å². The minimum Gasteiger partial charge on any atom is -0.383 e. The number of nitrogens with one attached hydrogen (secondary N) is 2. The van der Waals surface area contributed by atoms with Crippen molar-refractivity contribution < 1.29 is 14.3 Å². The largest absolute Gasteiger partial charge is 0.383 e. The molecule has 0 aliphatic rings. The summed E-state index contributed by atoms with van der Waals surface area (Å²) >= 11 is 6.00. The van der Waals surface area contributed by atoms with Gasteiger partial charge in [-0.1, -0.05) is 17.7 Å². The van der Waals surface area contributed by atoms with E-state index in [4.69, 9.17) is 16.3 Å². The summed E-state index contributed by atoms with van der Waals surface area (Å²) in [6.07, 6.45) is 0. The highest BCUT2D eigenvalue weighted by Gasteiger charge is 2.12. The zero-order valence-corrected chi connectivity index (χ0v) is 15.2. The highest BCUT2D eigenvalue weighted by atomic mass is 35.5. The Morgan fingerprint density at radius 1 is 1.27 bits per heavy atom. The van der Waals surface area contributed by atoms with Crippen molar-refractivity contribution in [3.63, 3.8) is 0 Å². The lowest BCUT2D eigenvalue weighted by atomic mass is 10.2. The van der Waals surface area contributed by atoms with Gasteiger partial charge >= 0.3 is 0 Å². The SMILES string of the molecule is COCCn1nc(C(=O)NCC(=O)Nc2cccc(Cl)c2C)ccc1=O. The lowest BCUT2D eigenvalue weighted by Crippen LogP contribution is -2.35. The van der Waals surface area contributed by atoms with Gasteiger partial charge in [0.1, 0.15) is 5.69 Å². The number of anilines is 1. The van der Waals surface area contributed by atoms with Crippen LogP contribution in [0.5, 0.6) is 0 Å². The highest BCUT2D eigenvalue weighted by Crippen LogP contribution is 2.22. The zero-order valence-electron chi connectivity index (χ0n) is 14.4. The number of hydrogen-bond acceptors (Lipinski definition) is 5. The van der Waals surface area contributed by atoms with E-state index in [1.165, 1.54) is 19.2 Å². The molecule has 9 heteroatoms. The van der Waals surface area contributed by atoms with Crippen LogP contribution in [0.1, 0.15) is 16.1 Å². The summed E-state index contributed by atoms with van der Waals surface area (Å²) in [5, 5.41) is 9.64. The molecule has 1 heterocycles. The van der Waals surface area contributed by atoms with Crippen molar-refractivity contribution in [2.75, 3.05) is 25.6 Å². The first kappa shape index (κ1) is 19.6. The smallest absolute Gasteiger partial charge is 0.272 e. The van der Waals surface area contributed by atoms with Crippen molar-refractivity contribution in [2.45, 2.75) is 13.5 Å². The molecule has 2 amide bonds. The van der Waals surface area contributed by atoms with Gasteiger partial charge in [-0.15, -0.1) is 0 Å². The van der Waals surface area contributed by atoms with Crippen LogP contribution in [0.4, 0.5) is 5.69 Å². The molecule has 0 unspecified atom stereocenters. The number of benzene rings is 1. The predicted molar refractivity (Wildman–Crippen MR) is 97.5 cm³/mol. The predicted octanol–water partition coefficient (Wildman–Crippen LogP) is 1.22. The highest BCUT2D eigenvalue weighted by molar-refractivity contribution is 6.31. The summed E-state index contributed by atoms with van der Waals surface area (Å²) in [6, 6.07) is 7.70. The van der Waals surface area contributed by atoms with E-state index in [1.54, 1.807) is 25.1 Å². The molecule has 1 aromatic carbocycles. The van der Waals surface area contributed by atoms with Gasteiger partial charge in [0.25, 0.3) is 11.5 Å². The Bertz CT molecular complexity index is 866. The minimum absolute atomic E-state index is 0.0347. The van der Waals surface area contributed by atoms with Crippen molar-refractivity contribution in [3.05, 3.63) is 57.0 Å². The normalized spacial score (nSPS) is 10.4. The summed E-state index contributed by atoms with van der Waals surface area (Å²) in [6.45, 7) is 2.05. The average Bonchev–Trinajstić information content (AvgIpc) is 2.63. The Labute approximate surface area is 155 Å². The summed E-state index contributed by atoms with van der Waals surface area (Å²) < 4.78 is 6.02. The van der Waals surface area contributed by atoms with Gasteiger partial charge < -0.3 is 15.4 Å². The molecule has 0 bridgehead atoms. The number of halogens is 1. The fraction of sp³-hybridized carbons (Fsp3) is 0.294. The van der Waals surface area contributed by atoms with Crippen LogP contribution in [0, 0.1) is 6.92 Å². The first-order chi connectivity index (χ1) is 12.4. The molecule has 0 saturated carbocycles. The third kappa shape index (κ3) is 5.14. The molecule has 0 atom stereocenters. The van der Waals surface area contributed by atoms with Gasteiger partial charge in [0.2, 0.25) is 5.91 Å². The summed E-state index contributed by atoms with van der Waals surface area (Å²) in [4.78, 5) is 35.8. The molecule has 26 heavy (non-hydrogen) atoms. The molecule has 2 N–H and O–H groups in total. The van der Waals surface area contributed by atoms with E-state index >= 15 is 0 Å². The third-order valence-electron chi connectivity index (χ3n) is 3.56. The molecular weight excluding hydrogens is 360 g/mol. The number of aromatic nitrogens is 2. The molecule has 0 fully saturated rings. The van der Waals surface area contributed by atoms with Crippen LogP contribution in [0.15, 0.2) is 35.1 Å². The van der Waals surface area contributed by atoms with Crippen LogP contribution in [-0.2, 0) is 16.1 Å². The Morgan fingerprint density at radius 2 is 2.04 bits per heavy atom. The maximum absolute atomic E-state index is 12.1. The number of rotatable bonds is 7. The standard InChI is InChI=1S/C17H19ClN4O4/c1-11-12(18)4-3-5-13(11)20-15(23)10-19-17(25)14-6-7-16(24)22(21-14)8-9-26-2/h3-7H,8-10H2,1-2H3,(H,19,25)(H,20,23). The van der Waals surface area contributed by atoms with Crippen LogP contribution in [-0.4, -0.2) is 41.9 Å². The number of ether oxygens (including phenoxy) is 1. The fourth-order valence-corrected chi connectivity index (χ4v) is 2.27. The van der Waals surface area contributed by atoms with Gasteiger partial charge in [-0.3, -0.25) is 14.4 Å². The van der Waals surface area contributed by atoms with Crippen LogP contribution in [0.2, 0.25) is 5.02 Å². The fourth-order valence-electron chi connectivity index (χ4n) is 2.10. The third-order valence-corrected chi connectivity index (χ3v) is 3.97. The molecule has 0 saturated heterocycles. The maximum atomic E-state index is 12.1. The molecule has 0 spiro atoms. The molecule has 138 valence electrons. The first-order valence-electron chi connectivity index (χ1n) is 7.82. The summed E-state index contributed by atoms with van der Waals surface area (Å²) in [5.41, 5.74) is 1.00. The van der Waals surface area contributed by atoms with E-state index in [1.807, 2.05) is 0 Å². The molecule has 2 rings (SSSR count). The molecule has 1 aromatic heterocycles. The van der Waals surface area contributed by atoms with Crippen molar-refractivity contribution in [2.24, 2.45) is 0 Å². The summed E-state index contributed by atoms with van der Waals surface area (Å²) in [5.74, 6) is -0.967. The van der Waals surface area contributed by atoms with Crippen LogP contribution >= 0.6 is 11.6 Å². The zero-order chi connectivity index (χ0) is 19.1. The lowest BCUT2D eigenvalue weighted by molar-refractivity contribution is -0.115. The number of carbonyl (C=O) groups is 2. The van der Waals surface area contributed by atoms with Crippen LogP contribution < -0.4 is 16.2 Å². The van der Waals surface area contributed by atoms with Crippen molar-refractivity contribution in [1.82, 2.24) is 15.1 Å².